The van der Waals surface area contributed by atoms with Crippen LogP contribution in [0, 0.1) is 12.7 Å². The van der Waals surface area contributed by atoms with Crippen molar-refractivity contribution in [3.63, 3.8) is 0 Å². The van der Waals surface area contributed by atoms with Crippen molar-refractivity contribution in [2.24, 2.45) is 0 Å². The molecule has 3 rings (SSSR count). The van der Waals surface area contributed by atoms with Crippen molar-refractivity contribution >= 4 is 11.6 Å². The molecule has 2 saturated heterocycles. The molecule has 0 unspecified atom stereocenters. The van der Waals surface area contributed by atoms with E-state index in [9.17, 15) is 9.18 Å². The third-order valence-electron chi connectivity index (χ3n) is 5.10. The molecule has 0 saturated carbocycles. The minimum Gasteiger partial charge on any atom is -0.377 e. The zero-order valence-electron chi connectivity index (χ0n) is 14.3. The molecule has 1 aromatic rings. The Kier molecular flexibility index (Phi) is 5.18. The third-order valence-corrected chi connectivity index (χ3v) is 5.10. The maximum absolute atomic E-state index is 13.6. The lowest BCUT2D eigenvalue weighted by atomic mass is 9.86. The van der Waals surface area contributed by atoms with Crippen LogP contribution in [-0.4, -0.2) is 55.9 Å². The highest BCUT2D eigenvalue weighted by Gasteiger charge is 2.46. The van der Waals surface area contributed by atoms with Gasteiger partial charge in [-0.05, 0) is 43.9 Å². The van der Waals surface area contributed by atoms with Crippen LogP contribution in [0.15, 0.2) is 18.2 Å². The molecule has 2 fully saturated rings. The largest absolute Gasteiger partial charge is 0.377 e. The van der Waals surface area contributed by atoms with Crippen molar-refractivity contribution in [2.75, 3.05) is 38.7 Å². The molecular weight excluding hydrogens is 311 g/mol. The van der Waals surface area contributed by atoms with E-state index in [4.69, 9.17) is 9.47 Å². The lowest BCUT2D eigenvalue weighted by molar-refractivity contribution is -0.145. The van der Waals surface area contributed by atoms with E-state index in [1.807, 2.05) is 0 Å². The van der Waals surface area contributed by atoms with Crippen molar-refractivity contribution in [2.45, 2.75) is 37.9 Å². The summed E-state index contributed by atoms with van der Waals surface area (Å²) in [5.41, 5.74) is 0.870. The number of benzene rings is 1. The second-order valence-electron chi connectivity index (χ2n) is 6.74. The number of carbonyl (C=O) groups excluding carboxylic acids is 1. The molecule has 5 nitrogen and oxygen atoms in total. The Hall–Kier alpha value is -1.50. The Morgan fingerprint density at radius 3 is 3.00 bits per heavy atom. The summed E-state index contributed by atoms with van der Waals surface area (Å²) in [6.07, 6.45) is 2.95. The number of nitrogens with one attached hydrogen (secondary N) is 1. The molecule has 0 radical (unpaired) electrons. The van der Waals surface area contributed by atoms with Gasteiger partial charge in [-0.2, -0.15) is 0 Å². The maximum atomic E-state index is 13.6. The highest BCUT2D eigenvalue weighted by Crippen LogP contribution is 2.37. The van der Waals surface area contributed by atoms with Gasteiger partial charge in [-0.1, -0.05) is 6.07 Å². The van der Waals surface area contributed by atoms with Gasteiger partial charge in [0, 0.05) is 32.5 Å². The quantitative estimate of drug-likeness (QED) is 0.917. The number of nitrogens with zero attached hydrogens (tertiary/aromatic N) is 1. The first-order valence-electron chi connectivity index (χ1n) is 8.47. The van der Waals surface area contributed by atoms with Crippen LogP contribution >= 0.6 is 0 Å². The van der Waals surface area contributed by atoms with Crippen LogP contribution in [0.5, 0.6) is 0 Å². The van der Waals surface area contributed by atoms with E-state index >= 15 is 0 Å². The van der Waals surface area contributed by atoms with Gasteiger partial charge < -0.3 is 14.8 Å². The SMILES string of the molecule is CO[C@H]1CN(CC(=O)Nc2ccc(C)c(F)c2)CC[C@]12CCCO2. The summed E-state index contributed by atoms with van der Waals surface area (Å²) in [6.45, 7) is 4.23. The number of piperidine rings is 1. The van der Waals surface area contributed by atoms with Crippen LogP contribution in [0.25, 0.3) is 0 Å². The van der Waals surface area contributed by atoms with Gasteiger partial charge in [-0.15, -0.1) is 0 Å². The smallest absolute Gasteiger partial charge is 0.238 e. The molecule has 0 aliphatic carbocycles. The van der Waals surface area contributed by atoms with Gasteiger partial charge in [0.15, 0.2) is 0 Å². The summed E-state index contributed by atoms with van der Waals surface area (Å²) >= 11 is 0. The van der Waals surface area contributed by atoms with Crippen molar-refractivity contribution < 1.29 is 18.7 Å². The van der Waals surface area contributed by atoms with Crippen molar-refractivity contribution in [3.8, 4) is 0 Å². The first-order chi connectivity index (χ1) is 11.5. The van der Waals surface area contributed by atoms with Crippen LogP contribution in [0.2, 0.25) is 0 Å². The van der Waals surface area contributed by atoms with Crippen molar-refractivity contribution in [1.82, 2.24) is 4.90 Å². The number of rotatable bonds is 4. The average Bonchev–Trinajstić information content (AvgIpc) is 3.02. The number of hydrogen-bond acceptors (Lipinski definition) is 4. The molecule has 2 heterocycles. The number of hydrogen-bond donors (Lipinski definition) is 1. The molecular formula is C18H25FN2O3. The molecule has 6 heteroatoms. The van der Waals surface area contributed by atoms with Gasteiger partial charge in [0.25, 0.3) is 0 Å². The fourth-order valence-electron chi connectivity index (χ4n) is 3.68. The minimum atomic E-state index is -0.314. The van der Waals surface area contributed by atoms with Gasteiger partial charge in [-0.25, -0.2) is 4.39 Å². The van der Waals surface area contributed by atoms with Crippen molar-refractivity contribution in [1.29, 1.82) is 0 Å². The summed E-state index contributed by atoms with van der Waals surface area (Å²) in [5.74, 6) is -0.457. The highest BCUT2D eigenvalue weighted by atomic mass is 19.1. The monoisotopic (exact) mass is 336 g/mol. The maximum Gasteiger partial charge on any atom is 0.238 e. The Balaban J connectivity index is 1.56. The van der Waals surface area contributed by atoms with Gasteiger partial charge in [0.1, 0.15) is 5.82 Å². The second-order valence-corrected chi connectivity index (χ2v) is 6.74. The normalized spacial score (nSPS) is 27.5. The van der Waals surface area contributed by atoms with E-state index in [-0.39, 0.29) is 30.0 Å². The molecule has 0 bridgehead atoms. The molecule has 1 N–H and O–H groups in total. The Bertz CT molecular complexity index is 602. The fraction of sp³-hybridized carbons (Fsp3) is 0.611. The highest BCUT2D eigenvalue weighted by molar-refractivity contribution is 5.92. The van der Waals surface area contributed by atoms with Crippen LogP contribution in [-0.2, 0) is 14.3 Å². The molecule has 1 spiro atoms. The Morgan fingerprint density at radius 1 is 1.50 bits per heavy atom. The standard InChI is InChI=1S/C18H25FN2O3/c1-13-4-5-14(10-15(13)19)20-17(22)12-21-8-7-18(6-3-9-24-18)16(11-21)23-2/h4-5,10,16H,3,6-9,11-12H2,1-2H3,(H,20,22)/t16-,18+/m0/s1. The second kappa shape index (κ2) is 7.17. The molecule has 2 aliphatic heterocycles. The number of ether oxygens (including phenoxy) is 2. The summed E-state index contributed by atoms with van der Waals surface area (Å²) in [7, 11) is 1.70. The summed E-state index contributed by atoms with van der Waals surface area (Å²) in [4.78, 5) is 14.3. The van der Waals surface area contributed by atoms with Gasteiger partial charge in [0.2, 0.25) is 5.91 Å². The number of likely N-dealkylation sites (tertiary alicyclic amines) is 1. The topological polar surface area (TPSA) is 50.8 Å². The molecule has 2 aliphatic rings. The third kappa shape index (κ3) is 3.61. The van der Waals surface area contributed by atoms with E-state index in [0.29, 0.717) is 17.8 Å². The molecule has 24 heavy (non-hydrogen) atoms. The Labute approximate surface area is 142 Å². The van der Waals surface area contributed by atoms with Crippen molar-refractivity contribution in [3.05, 3.63) is 29.6 Å². The first kappa shape index (κ1) is 17.3. The van der Waals surface area contributed by atoms with Gasteiger partial charge in [-0.3, -0.25) is 9.69 Å². The average molecular weight is 336 g/mol. The number of aryl methyl sites for hydroxylation is 1. The molecule has 2 atom stereocenters. The predicted octanol–water partition coefficient (Wildman–Crippen LogP) is 2.34. The van der Waals surface area contributed by atoms with E-state index in [2.05, 4.69) is 10.2 Å². The first-order valence-corrected chi connectivity index (χ1v) is 8.47. The van der Waals surface area contributed by atoms with Crippen LogP contribution < -0.4 is 5.32 Å². The number of carbonyl (C=O) groups is 1. The summed E-state index contributed by atoms with van der Waals surface area (Å²) in [6, 6.07) is 4.72. The lowest BCUT2D eigenvalue weighted by Gasteiger charge is -2.44. The van der Waals surface area contributed by atoms with E-state index < -0.39 is 0 Å². The number of anilines is 1. The number of methoxy groups -OCH3 is 1. The molecule has 1 aromatic carbocycles. The predicted molar refractivity (Wildman–Crippen MR) is 89.5 cm³/mol. The lowest BCUT2D eigenvalue weighted by Crippen LogP contribution is -2.57. The zero-order valence-corrected chi connectivity index (χ0v) is 14.3. The minimum absolute atomic E-state index is 0.0154. The molecule has 1 amide bonds. The van der Waals surface area contributed by atoms with Crippen LogP contribution in [0.1, 0.15) is 24.8 Å². The van der Waals surface area contributed by atoms with E-state index in [0.717, 1.165) is 32.4 Å². The fourth-order valence-corrected chi connectivity index (χ4v) is 3.68. The molecule has 0 aromatic heterocycles. The van der Waals surface area contributed by atoms with E-state index in [1.54, 1.807) is 26.2 Å². The van der Waals surface area contributed by atoms with Crippen LogP contribution in [0.3, 0.4) is 0 Å². The number of amides is 1. The number of halogens is 1. The summed E-state index contributed by atoms with van der Waals surface area (Å²) in [5, 5.41) is 2.76. The van der Waals surface area contributed by atoms with E-state index in [1.165, 1.54) is 6.07 Å². The Morgan fingerprint density at radius 2 is 2.33 bits per heavy atom. The zero-order chi connectivity index (χ0) is 17.2. The van der Waals surface area contributed by atoms with Gasteiger partial charge >= 0.3 is 0 Å². The van der Waals surface area contributed by atoms with Crippen LogP contribution in [0.4, 0.5) is 10.1 Å². The van der Waals surface area contributed by atoms with Gasteiger partial charge in [0.05, 0.1) is 18.2 Å². The summed E-state index contributed by atoms with van der Waals surface area (Å²) < 4.78 is 25.2. The molecule has 132 valence electrons.